The Labute approximate surface area is 275 Å². The van der Waals surface area contributed by atoms with Gasteiger partial charge < -0.3 is 14.7 Å². The summed E-state index contributed by atoms with van der Waals surface area (Å²) < 4.78 is 6.34. The van der Waals surface area contributed by atoms with Crippen molar-refractivity contribution in [3.8, 4) is 22.3 Å². The van der Waals surface area contributed by atoms with Crippen molar-refractivity contribution in [1.82, 2.24) is 0 Å². The van der Waals surface area contributed by atoms with Gasteiger partial charge in [0.1, 0.15) is 0 Å². The van der Waals surface area contributed by atoms with Gasteiger partial charge in [0.25, 0.3) is 0 Å². The van der Waals surface area contributed by atoms with Crippen LogP contribution in [0.2, 0.25) is 0 Å². The number of hydrogen-bond donors (Lipinski definition) is 1. The van der Waals surface area contributed by atoms with Crippen molar-refractivity contribution in [3.05, 3.63) is 131 Å². The lowest BCUT2D eigenvalue weighted by Gasteiger charge is -2.38. The molecule has 46 heavy (non-hydrogen) atoms. The van der Waals surface area contributed by atoms with Crippen LogP contribution in [0.4, 0.5) is 17.1 Å². The quantitative estimate of drug-likeness (QED) is 0.188. The summed E-state index contributed by atoms with van der Waals surface area (Å²) in [4.78, 5) is 2.37. The first kappa shape index (κ1) is 30.5. The second-order valence-corrected chi connectivity index (χ2v) is 15.0. The standard InChI is InChI=1S/C42H43BNO2/c1-39(2)33-17-11-9-15-29(33)31-23-21-27(25-35(31)39)44(38-20-14-13-19-37(38)43-46-42(7,8)41(5,6)45)28-22-24-32-30-16-10-12-18-34(30)40(3,4)36(32)26-28/h9-26,45H,1-8H3. The lowest BCUT2D eigenvalue weighted by Crippen LogP contribution is -2.49. The molecule has 4 heteroatoms. The average Bonchev–Trinajstić information content (AvgIpc) is 3.40. The summed E-state index contributed by atoms with van der Waals surface area (Å²) in [6.45, 7) is 16.7. The third-order valence-corrected chi connectivity index (χ3v) is 10.8. The Morgan fingerprint density at radius 3 is 1.50 bits per heavy atom. The minimum Gasteiger partial charge on any atom is -0.427 e. The Bertz CT molecular complexity index is 1870. The number of para-hydroxylation sites is 1. The molecule has 0 bridgehead atoms. The van der Waals surface area contributed by atoms with Crippen LogP contribution in [0, 0.1) is 0 Å². The number of benzene rings is 5. The summed E-state index contributed by atoms with van der Waals surface area (Å²) in [5.74, 6) is 0. The molecule has 3 nitrogen and oxygen atoms in total. The van der Waals surface area contributed by atoms with Gasteiger partial charge in [-0.15, -0.1) is 0 Å². The van der Waals surface area contributed by atoms with E-state index in [2.05, 4.69) is 136 Å². The lowest BCUT2D eigenvalue weighted by atomic mass is 9.80. The largest absolute Gasteiger partial charge is 0.427 e. The first-order valence-corrected chi connectivity index (χ1v) is 16.3. The highest BCUT2D eigenvalue weighted by Gasteiger charge is 2.39. The normalized spacial score (nSPS) is 15.5. The Hall–Kier alpha value is -4.12. The fraction of sp³-hybridized carbons (Fsp3) is 0.286. The molecule has 0 saturated heterocycles. The van der Waals surface area contributed by atoms with Gasteiger partial charge in [-0.2, -0.15) is 0 Å². The summed E-state index contributed by atoms with van der Waals surface area (Å²) in [7, 11) is 1.81. The predicted octanol–water partition coefficient (Wildman–Crippen LogP) is 9.58. The van der Waals surface area contributed by atoms with Crippen LogP contribution in [0.1, 0.15) is 77.6 Å². The molecule has 0 fully saturated rings. The molecule has 0 atom stereocenters. The highest BCUT2D eigenvalue weighted by Crippen LogP contribution is 2.52. The molecule has 0 amide bonds. The third kappa shape index (κ3) is 4.65. The molecule has 5 aromatic rings. The summed E-state index contributed by atoms with van der Waals surface area (Å²) in [5.41, 5.74) is 12.7. The van der Waals surface area contributed by atoms with Crippen LogP contribution in [0.5, 0.6) is 0 Å². The van der Waals surface area contributed by atoms with Crippen LogP contribution in [0.3, 0.4) is 0 Å². The number of aliphatic hydroxyl groups is 1. The molecule has 231 valence electrons. The molecule has 5 aromatic carbocycles. The Morgan fingerprint density at radius 1 is 0.565 bits per heavy atom. The van der Waals surface area contributed by atoms with Crippen molar-refractivity contribution in [2.75, 3.05) is 4.90 Å². The monoisotopic (exact) mass is 604 g/mol. The molecule has 2 aliphatic rings. The fourth-order valence-corrected chi connectivity index (χ4v) is 7.24. The van der Waals surface area contributed by atoms with E-state index in [0.717, 1.165) is 22.5 Å². The fourth-order valence-electron chi connectivity index (χ4n) is 7.24. The Morgan fingerprint density at radius 2 is 1.00 bits per heavy atom. The van der Waals surface area contributed by atoms with E-state index in [1.165, 1.54) is 44.5 Å². The number of anilines is 3. The first-order valence-electron chi connectivity index (χ1n) is 16.3. The van der Waals surface area contributed by atoms with Crippen LogP contribution >= 0.6 is 0 Å². The van der Waals surface area contributed by atoms with Gasteiger partial charge in [0.15, 0.2) is 0 Å². The Balaban J connectivity index is 1.40. The molecule has 0 unspecified atom stereocenters. The van der Waals surface area contributed by atoms with Gasteiger partial charge in [-0.1, -0.05) is 107 Å². The van der Waals surface area contributed by atoms with E-state index in [-0.39, 0.29) is 10.8 Å². The van der Waals surface area contributed by atoms with E-state index in [9.17, 15) is 5.11 Å². The van der Waals surface area contributed by atoms with E-state index < -0.39 is 11.2 Å². The third-order valence-electron chi connectivity index (χ3n) is 10.8. The second-order valence-electron chi connectivity index (χ2n) is 15.0. The topological polar surface area (TPSA) is 32.7 Å². The van der Waals surface area contributed by atoms with Crippen molar-refractivity contribution >= 4 is 30.0 Å². The van der Waals surface area contributed by atoms with Crippen LogP contribution in [0.15, 0.2) is 109 Å². The van der Waals surface area contributed by atoms with Crippen LogP contribution in [-0.4, -0.2) is 23.8 Å². The van der Waals surface area contributed by atoms with E-state index in [1.54, 1.807) is 21.3 Å². The number of hydrogen-bond acceptors (Lipinski definition) is 3. The summed E-state index contributed by atoms with van der Waals surface area (Å²) in [5, 5.41) is 10.8. The molecule has 0 aliphatic heterocycles. The SMILES string of the molecule is CC1(C)c2ccccc2-c2ccc(N(c3ccc4c(c3)C(C)(C)c3ccccc3-4)c3ccccc3[B]OC(C)(C)C(C)(C)O)cc21. The number of rotatable bonds is 7. The van der Waals surface area contributed by atoms with Gasteiger partial charge in [0, 0.05) is 27.9 Å². The summed E-state index contributed by atoms with van der Waals surface area (Å²) in [6.07, 6.45) is 0. The minimum absolute atomic E-state index is 0.124. The van der Waals surface area contributed by atoms with Crippen LogP contribution in [-0.2, 0) is 15.5 Å². The molecule has 0 saturated carbocycles. The van der Waals surface area contributed by atoms with Crippen molar-refractivity contribution < 1.29 is 9.76 Å². The van der Waals surface area contributed by atoms with Crippen molar-refractivity contribution in [2.24, 2.45) is 0 Å². The van der Waals surface area contributed by atoms with Crippen LogP contribution < -0.4 is 10.4 Å². The van der Waals surface area contributed by atoms with Gasteiger partial charge in [0.2, 0.25) is 0 Å². The maximum absolute atomic E-state index is 10.8. The molecule has 0 aromatic heterocycles. The zero-order valence-corrected chi connectivity index (χ0v) is 28.3. The first-order chi connectivity index (χ1) is 21.7. The van der Waals surface area contributed by atoms with Gasteiger partial charge in [-0.3, -0.25) is 0 Å². The Kier molecular flexibility index (Phi) is 6.94. The molecule has 0 heterocycles. The molecular weight excluding hydrogens is 561 g/mol. The highest BCUT2D eigenvalue weighted by molar-refractivity contribution is 6.49. The van der Waals surface area contributed by atoms with Crippen molar-refractivity contribution in [2.45, 2.75) is 77.4 Å². The average molecular weight is 605 g/mol. The molecular formula is C42H43BNO2. The summed E-state index contributed by atoms with van der Waals surface area (Å²) in [6, 6.07) is 39.8. The highest BCUT2D eigenvalue weighted by atomic mass is 16.5. The molecule has 7 rings (SSSR count). The van der Waals surface area contributed by atoms with E-state index in [1.807, 2.05) is 19.9 Å². The zero-order valence-electron chi connectivity index (χ0n) is 28.3. The van der Waals surface area contributed by atoms with Crippen LogP contribution in [0.25, 0.3) is 22.3 Å². The maximum atomic E-state index is 10.8. The predicted molar refractivity (Wildman–Crippen MR) is 193 cm³/mol. The molecule has 1 N–H and O–H groups in total. The van der Waals surface area contributed by atoms with Gasteiger partial charge in [-0.05, 0) is 108 Å². The van der Waals surface area contributed by atoms with Crippen molar-refractivity contribution in [3.63, 3.8) is 0 Å². The minimum atomic E-state index is -1.03. The van der Waals surface area contributed by atoms with E-state index in [0.29, 0.717) is 0 Å². The second kappa shape index (κ2) is 10.5. The summed E-state index contributed by atoms with van der Waals surface area (Å²) >= 11 is 0. The molecule has 1 radical (unpaired) electrons. The number of nitrogens with zero attached hydrogens (tertiary/aromatic N) is 1. The van der Waals surface area contributed by atoms with Gasteiger partial charge in [0.05, 0.1) is 11.2 Å². The van der Waals surface area contributed by atoms with E-state index >= 15 is 0 Å². The molecule has 0 spiro atoms. The van der Waals surface area contributed by atoms with Gasteiger partial charge in [-0.25, -0.2) is 0 Å². The smallest absolute Gasteiger partial charge is 0.333 e. The maximum Gasteiger partial charge on any atom is 0.333 e. The lowest BCUT2D eigenvalue weighted by molar-refractivity contribution is -0.0893. The zero-order chi connectivity index (χ0) is 32.6. The van der Waals surface area contributed by atoms with Gasteiger partial charge >= 0.3 is 7.48 Å². The van der Waals surface area contributed by atoms with Crippen molar-refractivity contribution in [1.29, 1.82) is 0 Å². The number of fused-ring (bicyclic) bond motifs is 6. The van der Waals surface area contributed by atoms with E-state index in [4.69, 9.17) is 4.65 Å². The molecule has 2 aliphatic carbocycles.